The highest BCUT2D eigenvalue weighted by Gasteiger charge is 2.35. The molecular weight excluding hydrogens is 193 g/mol. The number of ether oxygens (including phenoxy) is 1. The SMILES string of the molecule is COc1cccc2c1NC(C(C)(C)F)C2. The van der Waals surface area contributed by atoms with E-state index in [1.54, 1.807) is 21.0 Å². The fourth-order valence-corrected chi connectivity index (χ4v) is 1.94. The van der Waals surface area contributed by atoms with Crippen LogP contribution in [-0.2, 0) is 6.42 Å². The molecule has 0 saturated heterocycles. The van der Waals surface area contributed by atoms with Crippen molar-refractivity contribution < 1.29 is 9.13 Å². The minimum Gasteiger partial charge on any atom is -0.495 e. The number of benzene rings is 1. The minimum absolute atomic E-state index is 0.163. The Bertz CT molecular complexity index is 370. The Morgan fingerprint density at radius 3 is 2.80 bits per heavy atom. The van der Waals surface area contributed by atoms with Gasteiger partial charge in [0.15, 0.2) is 0 Å². The van der Waals surface area contributed by atoms with Crippen molar-refractivity contribution in [1.82, 2.24) is 0 Å². The second-order valence-corrected chi connectivity index (χ2v) is 4.46. The van der Waals surface area contributed by atoms with Crippen molar-refractivity contribution in [3.63, 3.8) is 0 Å². The van der Waals surface area contributed by atoms with E-state index in [1.165, 1.54) is 0 Å². The lowest BCUT2D eigenvalue weighted by Gasteiger charge is -2.23. The van der Waals surface area contributed by atoms with E-state index >= 15 is 0 Å². The van der Waals surface area contributed by atoms with E-state index in [0.717, 1.165) is 23.4 Å². The Morgan fingerprint density at radius 1 is 1.47 bits per heavy atom. The lowest BCUT2D eigenvalue weighted by molar-refractivity contribution is 0.187. The molecule has 0 fully saturated rings. The molecule has 3 heteroatoms. The summed E-state index contributed by atoms with van der Waals surface area (Å²) in [6, 6.07) is 5.67. The first-order chi connectivity index (χ1) is 7.02. The second-order valence-electron chi connectivity index (χ2n) is 4.46. The molecule has 2 nitrogen and oxygen atoms in total. The number of hydrogen-bond acceptors (Lipinski definition) is 2. The normalized spacial score (nSPS) is 19.6. The van der Waals surface area contributed by atoms with Crippen molar-refractivity contribution in [3.8, 4) is 5.75 Å². The second kappa shape index (κ2) is 3.40. The zero-order valence-electron chi connectivity index (χ0n) is 9.30. The van der Waals surface area contributed by atoms with E-state index in [2.05, 4.69) is 5.32 Å². The van der Waals surface area contributed by atoms with Crippen LogP contribution in [0.5, 0.6) is 5.75 Å². The molecule has 1 atom stereocenters. The summed E-state index contributed by atoms with van der Waals surface area (Å²) in [6.45, 7) is 3.20. The summed E-state index contributed by atoms with van der Waals surface area (Å²) >= 11 is 0. The van der Waals surface area contributed by atoms with Gasteiger partial charge in [-0.15, -0.1) is 0 Å². The molecule has 1 aliphatic rings. The Hall–Kier alpha value is -1.25. The average Bonchev–Trinajstić information content (AvgIpc) is 2.59. The molecule has 1 aromatic rings. The molecule has 0 amide bonds. The van der Waals surface area contributed by atoms with Crippen molar-refractivity contribution in [3.05, 3.63) is 23.8 Å². The lowest BCUT2D eigenvalue weighted by atomic mass is 9.98. The molecule has 0 spiro atoms. The summed E-state index contributed by atoms with van der Waals surface area (Å²) in [4.78, 5) is 0. The van der Waals surface area contributed by atoms with E-state index in [4.69, 9.17) is 4.74 Å². The molecular formula is C12H16FNO. The first-order valence-corrected chi connectivity index (χ1v) is 5.13. The van der Waals surface area contributed by atoms with Crippen LogP contribution >= 0.6 is 0 Å². The van der Waals surface area contributed by atoms with Gasteiger partial charge in [0.2, 0.25) is 0 Å². The molecule has 1 aliphatic heterocycles. The van der Waals surface area contributed by atoms with E-state index < -0.39 is 5.67 Å². The molecule has 1 unspecified atom stereocenters. The minimum atomic E-state index is -1.22. The average molecular weight is 209 g/mol. The predicted octanol–water partition coefficient (Wildman–Crippen LogP) is 2.78. The monoisotopic (exact) mass is 209 g/mol. The number of fused-ring (bicyclic) bond motifs is 1. The molecule has 1 heterocycles. The summed E-state index contributed by atoms with van der Waals surface area (Å²) in [6.07, 6.45) is 0.718. The number of methoxy groups -OCH3 is 1. The third kappa shape index (κ3) is 1.78. The molecule has 1 aromatic carbocycles. The maximum absolute atomic E-state index is 13.8. The molecule has 82 valence electrons. The van der Waals surface area contributed by atoms with E-state index in [0.29, 0.717) is 0 Å². The van der Waals surface area contributed by atoms with Crippen LogP contribution in [0.25, 0.3) is 0 Å². The highest BCUT2D eigenvalue weighted by atomic mass is 19.1. The van der Waals surface area contributed by atoms with Gasteiger partial charge in [0.05, 0.1) is 18.8 Å². The lowest BCUT2D eigenvalue weighted by Crippen LogP contribution is -2.36. The fourth-order valence-electron chi connectivity index (χ4n) is 1.94. The Labute approximate surface area is 89.4 Å². The molecule has 0 aliphatic carbocycles. The van der Waals surface area contributed by atoms with Gasteiger partial charge in [-0.3, -0.25) is 0 Å². The molecule has 0 radical (unpaired) electrons. The largest absolute Gasteiger partial charge is 0.495 e. The van der Waals surface area contributed by atoms with Gasteiger partial charge in [-0.25, -0.2) is 4.39 Å². The Kier molecular flexibility index (Phi) is 2.33. The Balaban J connectivity index is 2.31. The molecule has 0 aromatic heterocycles. The van der Waals surface area contributed by atoms with Crippen molar-refractivity contribution in [1.29, 1.82) is 0 Å². The van der Waals surface area contributed by atoms with E-state index in [-0.39, 0.29) is 6.04 Å². The summed E-state index contributed by atoms with van der Waals surface area (Å²) < 4.78 is 19.0. The number of halogens is 1. The quantitative estimate of drug-likeness (QED) is 0.808. The number of alkyl halides is 1. The number of hydrogen-bond donors (Lipinski definition) is 1. The summed E-state index contributed by atoms with van der Waals surface area (Å²) in [5.41, 5.74) is 0.852. The van der Waals surface area contributed by atoms with Crippen molar-refractivity contribution in [2.24, 2.45) is 0 Å². The number of nitrogens with one attached hydrogen (secondary N) is 1. The van der Waals surface area contributed by atoms with Gasteiger partial charge in [0.1, 0.15) is 11.4 Å². The van der Waals surface area contributed by atoms with Crippen LogP contribution in [0.15, 0.2) is 18.2 Å². The zero-order valence-corrected chi connectivity index (χ0v) is 9.30. The van der Waals surface area contributed by atoms with Gasteiger partial charge in [-0.05, 0) is 31.9 Å². The molecule has 0 saturated carbocycles. The Morgan fingerprint density at radius 2 is 2.20 bits per heavy atom. The number of para-hydroxylation sites is 1. The fraction of sp³-hybridized carbons (Fsp3) is 0.500. The van der Waals surface area contributed by atoms with Crippen molar-refractivity contribution >= 4 is 5.69 Å². The zero-order chi connectivity index (χ0) is 11.1. The molecule has 15 heavy (non-hydrogen) atoms. The molecule has 1 N–H and O–H groups in total. The van der Waals surface area contributed by atoms with Gasteiger partial charge >= 0.3 is 0 Å². The standard InChI is InChI=1S/C12H16FNO/c1-12(2,13)10-7-8-5-4-6-9(15-3)11(8)14-10/h4-6,10,14H,7H2,1-3H3. The van der Waals surface area contributed by atoms with Gasteiger partial charge in [0.25, 0.3) is 0 Å². The molecule has 2 rings (SSSR count). The van der Waals surface area contributed by atoms with Crippen LogP contribution in [0.2, 0.25) is 0 Å². The van der Waals surface area contributed by atoms with Crippen LogP contribution in [0.4, 0.5) is 10.1 Å². The smallest absolute Gasteiger partial charge is 0.142 e. The van der Waals surface area contributed by atoms with Crippen molar-refractivity contribution in [2.75, 3.05) is 12.4 Å². The maximum Gasteiger partial charge on any atom is 0.142 e. The maximum atomic E-state index is 13.8. The first kappa shape index (κ1) is 10.3. The topological polar surface area (TPSA) is 21.3 Å². The summed E-state index contributed by atoms with van der Waals surface area (Å²) in [7, 11) is 1.63. The highest BCUT2D eigenvalue weighted by Crippen LogP contribution is 2.38. The van der Waals surface area contributed by atoms with Gasteiger partial charge in [-0.1, -0.05) is 12.1 Å². The van der Waals surface area contributed by atoms with Crippen LogP contribution in [0.1, 0.15) is 19.4 Å². The van der Waals surface area contributed by atoms with Crippen molar-refractivity contribution in [2.45, 2.75) is 32.0 Å². The van der Waals surface area contributed by atoms with Crippen LogP contribution in [0.3, 0.4) is 0 Å². The van der Waals surface area contributed by atoms with Gasteiger partial charge in [-0.2, -0.15) is 0 Å². The summed E-state index contributed by atoms with van der Waals surface area (Å²) in [5.74, 6) is 0.791. The van der Waals surface area contributed by atoms with E-state index in [1.807, 2.05) is 18.2 Å². The third-order valence-electron chi connectivity index (χ3n) is 2.90. The number of anilines is 1. The van der Waals surface area contributed by atoms with E-state index in [9.17, 15) is 4.39 Å². The summed E-state index contributed by atoms with van der Waals surface area (Å²) in [5, 5.41) is 3.19. The van der Waals surface area contributed by atoms with Crippen LogP contribution < -0.4 is 10.1 Å². The predicted molar refractivity (Wildman–Crippen MR) is 59.3 cm³/mol. The van der Waals surface area contributed by atoms with Crippen LogP contribution in [-0.4, -0.2) is 18.8 Å². The van der Waals surface area contributed by atoms with Gasteiger partial charge in [0, 0.05) is 0 Å². The molecule has 0 bridgehead atoms. The van der Waals surface area contributed by atoms with Gasteiger partial charge < -0.3 is 10.1 Å². The first-order valence-electron chi connectivity index (χ1n) is 5.13. The highest BCUT2D eigenvalue weighted by molar-refractivity contribution is 5.66. The third-order valence-corrected chi connectivity index (χ3v) is 2.90. The number of rotatable bonds is 2. The van der Waals surface area contributed by atoms with Crippen LogP contribution in [0, 0.1) is 0 Å².